The molecule has 2 heterocycles. The summed E-state index contributed by atoms with van der Waals surface area (Å²) in [5.74, 6) is 1.82. The van der Waals surface area contributed by atoms with E-state index in [9.17, 15) is 0 Å². The Balaban J connectivity index is 1.43. The summed E-state index contributed by atoms with van der Waals surface area (Å²) in [6, 6.07) is 1.01. The Labute approximate surface area is 145 Å². The van der Waals surface area contributed by atoms with Gasteiger partial charge in [0.1, 0.15) is 0 Å². The zero-order chi connectivity index (χ0) is 16.5. The first-order valence-corrected chi connectivity index (χ1v) is 9.75. The third-order valence-corrected chi connectivity index (χ3v) is 6.63. The van der Waals surface area contributed by atoms with Gasteiger partial charge in [0, 0.05) is 32.4 Å². The topological polar surface area (TPSA) is 42.3 Å². The highest BCUT2D eigenvalue weighted by molar-refractivity contribution is 5.09. The number of morpholine rings is 1. The van der Waals surface area contributed by atoms with Gasteiger partial charge in [0.15, 0.2) is 0 Å². The minimum Gasteiger partial charge on any atom is -0.374 e. The molecule has 5 heteroatoms. The maximum Gasteiger partial charge on any atom is 0.0946 e. The number of aromatic nitrogens is 2. The molecule has 0 unspecified atom stereocenters. The van der Waals surface area contributed by atoms with E-state index in [2.05, 4.69) is 33.9 Å². The third-order valence-electron chi connectivity index (χ3n) is 6.63. The number of likely N-dealkylation sites (N-methyl/N-ethyl adjacent to an activating group) is 1. The van der Waals surface area contributed by atoms with Crippen molar-refractivity contribution in [1.82, 2.24) is 19.8 Å². The third kappa shape index (κ3) is 3.14. The zero-order valence-electron chi connectivity index (χ0n) is 15.2. The van der Waals surface area contributed by atoms with Crippen LogP contribution in [-0.2, 0) is 11.8 Å². The second-order valence-electron chi connectivity index (χ2n) is 8.08. The van der Waals surface area contributed by atoms with Gasteiger partial charge in [0.05, 0.1) is 30.8 Å². The molecular formula is C19H32N4O. The quantitative estimate of drug-likeness (QED) is 0.868. The maximum atomic E-state index is 6.21. The highest BCUT2D eigenvalue weighted by Crippen LogP contribution is 2.40. The van der Waals surface area contributed by atoms with E-state index in [-0.39, 0.29) is 6.10 Å². The van der Waals surface area contributed by atoms with Crippen LogP contribution in [0.25, 0.3) is 0 Å². The number of hydrogen-bond acceptors (Lipinski definition) is 4. The van der Waals surface area contributed by atoms with E-state index < -0.39 is 0 Å². The monoisotopic (exact) mass is 332 g/mol. The Kier molecular flexibility index (Phi) is 4.93. The second-order valence-corrected chi connectivity index (χ2v) is 8.08. The van der Waals surface area contributed by atoms with Crippen LogP contribution in [0.2, 0.25) is 0 Å². The lowest BCUT2D eigenvalue weighted by atomic mass is 9.68. The van der Waals surface area contributed by atoms with Crippen molar-refractivity contribution in [2.45, 2.75) is 56.7 Å². The van der Waals surface area contributed by atoms with E-state index in [0.29, 0.717) is 6.04 Å². The molecular weight excluding hydrogens is 300 g/mol. The predicted octanol–water partition coefficient (Wildman–Crippen LogP) is 2.35. The first kappa shape index (κ1) is 16.6. The van der Waals surface area contributed by atoms with Gasteiger partial charge in [-0.15, -0.1) is 0 Å². The molecule has 1 saturated heterocycles. The van der Waals surface area contributed by atoms with Gasteiger partial charge >= 0.3 is 0 Å². The predicted molar refractivity (Wildman–Crippen MR) is 94.8 cm³/mol. The Morgan fingerprint density at radius 2 is 1.92 bits per heavy atom. The average molecular weight is 332 g/mol. The summed E-state index contributed by atoms with van der Waals surface area (Å²) in [6.07, 6.45) is 12.6. The van der Waals surface area contributed by atoms with Crippen molar-refractivity contribution in [3.63, 3.8) is 0 Å². The largest absolute Gasteiger partial charge is 0.374 e. The normalized spacial score (nSPS) is 29.6. The number of aryl methyl sites for hydroxylation is 1. The fourth-order valence-corrected chi connectivity index (χ4v) is 4.67. The molecule has 4 rings (SSSR count). The second kappa shape index (κ2) is 7.14. The summed E-state index contributed by atoms with van der Waals surface area (Å²) in [5, 5.41) is 3.94. The van der Waals surface area contributed by atoms with Crippen molar-refractivity contribution in [2.75, 3.05) is 26.7 Å². The summed E-state index contributed by atoms with van der Waals surface area (Å²) in [7, 11) is 4.29. The zero-order valence-corrected chi connectivity index (χ0v) is 15.2. The van der Waals surface area contributed by atoms with Gasteiger partial charge in [-0.3, -0.25) is 4.90 Å². The Morgan fingerprint density at radius 1 is 1.21 bits per heavy atom. The highest BCUT2D eigenvalue weighted by Gasteiger charge is 2.38. The van der Waals surface area contributed by atoms with Gasteiger partial charge in [-0.1, -0.05) is 12.8 Å². The first-order valence-electron chi connectivity index (χ1n) is 9.75. The number of nitrogens with zero attached hydrogens (tertiary/aromatic N) is 3. The van der Waals surface area contributed by atoms with Crippen molar-refractivity contribution in [3.8, 4) is 0 Å². The van der Waals surface area contributed by atoms with Crippen LogP contribution in [0, 0.1) is 11.8 Å². The van der Waals surface area contributed by atoms with Crippen molar-refractivity contribution < 1.29 is 4.74 Å². The molecule has 3 fully saturated rings. The molecule has 5 nitrogen and oxygen atoms in total. The smallest absolute Gasteiger partial charge is 0.0946 e. The lowest BCUT2D eigenvalue weighted by Gasteiger charge is -2.45. The Bertz CT molecular complexity index is 523. The molecule has 1 aromatic rings. The fourth-order valence-electron chi connectivity index (χ4n) is 4.67. The molecule has 24 heavy (non-hydrogen) atoms. The number of nitrogens with one attached hydrogen (secondary N) is 1. The van der Waals surface area contributed by atoms with Crippen molar-refractivity contribution >= 4 is 0 Å². The van der Waals surface area contributed by atoms with E-state index in [1.165, 1.54) is 44.2 Å². The molecule has 2 saturated carbocycles. The summed E-state index contributed by atoms with van der Waals surface area (Å²) in [5.41, 5.74) is 1.26. The van der Waals surface area contributed by atoms with Gasteiger partial charge in [0.2, 0.25) is 0 Å². The molecule has 134 valence electrons. The minimum atomic E-state index is 0.210. The number of imidazole rings is 1. The molecule has 1 N–H and O–H groups in total. The molecule has 0 amide bonds. The van der Waals surface area contributed by atoms with Gasteiger partial charge in [-0.2, -0.15) is 0 Å². The van der Waals surface area contributed by atoms with Crippen LogP contribution < -0.4 is 5.32 Å². The summed E-state index contributed by atoms with van der Waals surface area (Å²) in [6.45, 7) is 2.77. The average Bonchev–Trinajstić information content (AvgIpc) is 2.87. The van der Waals surface area contributed by atoms with Crippen molar-refractivity contribution in [1.29, 1.82) is 0 Å². The molecule has 2 atom stereocenters. The SMILES string of the molecule is CN1CCO[C@@H](CNC(C2CCC2)C2CCC2)[C@@H]1c1cncn1C. The van der Waals surface area contributed by atoms with Crippen LogP contribution in [0.15, 0.2) is 12.5 Å². The van der Waals surface area contributed by atoms with E-state index in [1.807, 2.05) is 12.5 Å². The van der Waals surface area contributed by atoms with Crippen LogP contribution in [0.3, 0.4) is 0 Å². The van der Waals surface area contributed by atoms with Crippen molar-refractivity contribution in [2.24, 2.45) is 18.9 Å². The molecule has 1 aromatic heterocycles. The Hall–Kier alpha value is -0.910. The minimum absolute atomic E-state index is 0.210. The molecule has 0 spiro atoms. The molecule has 2 aliphatic carbocycles. The number of ether oxygens (including phenoxy) is 1. The summed E-state index contributed by atoms with van der Waals surface area (Å²) in [4.78, 5) is 6.75. The van der Waals surface area contributed by atoms with Gasteiger partial charge in [0.25, 0.3) is 0 Å². The van der Waals surface area contributed by atoms with E-state index in [1.54, 1.807) is 0 Å². The molecule has 0 bridgehead atoms. The van der Waals surface area contributed by atoms with E-state index >= 15 is 0 Å². The van der Waals surface area contributed by atoms with Gasteiger partial charge < -0.3 is 14.6 Å². The number of rotatable bonds is 6. The fraction of sp³-hybridized carbons (Fsp3) is 0.842. The maximum absolute atomic E-state index is 6.21. The van der Waals surface area contributed by atoms with Crippen LogP contribution >= 0.6 is 0 Å². The van der Waals surface area contributed by atoms with E-state index in [0.717, 1.165) is 37.6 Å². The van der Waals surface area contributed by atoms with Crippen LogP contribution in [0.4, 0.5) is 0 Å². The molecule has 0 radical (unpaired) electrons. The molecule has 3 aliphatic rings. The van der Waals surface area contributed by atoms with E-state index in [4.69, 9.17) is 4.74 Å². The standard InChI is InChI=1S/C19H32N4O/c1-22-9-10-24-17(19(22)16-11-20-13-23(16)2)12-21-18(14-5-3-6-14)15-7-4-8-15/h11,13-15,17-19,21H,3-10,12H2,1-2H3/t17-,19-/m0/s1. The molecule has 0 aromatic carbocycles. The molecule has 1 aliphatic heterocycles. The van der Waals surface area contributed by atoms with Crippen molar-refractivity contribution in [3.05, 3.63) is 18.2 Å². The summed E-state index contributed by atoms with van der Waals surface area (Å²) < 4.78 is 8.34. The van der Waals surface area contributed by atoms with Crippen LogP contribution in [0.5, 0.6) is 0 Å². The van der Waals surface area contributed by atoms with Gasteiger partial charge in [-0.25, -0.2) is 4.98 Å². The summed E-state index contributed by atoms with van der Waals surface area (Å²) >= 11 is 0. The Morgan fingerprint density at radius 3 is 2.46 bits per heavy atom. The number of hydrogen-bond donors (Lipinski definition) is 1. The highest BCUT2D eigenvalue weighted by atomic mass is 16.5. The van der Waals surface area contributed by atoms with Crippen LogP contribution in [-0.4, -0.2) is 53.3 Å². The first-order chi connectivity index (χ1) is 11.7. The lowest BCUT2D eigenvalue weighted by molar-refractivity contribution is -0.0671. The lowest BCUT2D eigenvalue weighted by Crippen LogP contribution is -2.53. The van der Waals surface area contributed by atoms with Gasteiger partial charge in [-0.05, 0) is 44.6 Å². The van der Waals surface area contributed by atoms with Crippen LogP contribution in [0.1, 0.15) is 50.3 Å².